The molecule has 0 bridgehead atoms. The van der Waals surface area contributed by atoms with Gasteiger partial charge in [0.05, 0.1) is 12.1 Å². The van der Waals surface area contributed by atoms with E-state index in [-0.39, 0.29) is 12.0 Å². The summed E-state index contributed by atoms with van der Waals surface area (Å²) in [5.41, 5.74) is 5.39. The van der Waals surface area contributed by atoms with Crippen molar-refractivity contribution in [2.24, 2.45) is 5.73 Å². The highest BCUT2D eigenvalue weighted by Gasteiger charge is 2.20. The molecule has 0 aliphatic rings. The van der Waals surface area contributed by atoms with Gasteiger partial charge in [-0.05, 0) is 13.5 Å². The molecular weight excluding hydrogens is 188 g/mol. The van der Waals surface area contributed by atoms with E-state index >= 15 is 0 Å². The van der Waals surface area contributed by atoms with E-state index in [2.05, 4.69) is 4.74 Å². The number of methoxy groups -OCH3 is 1. The van der Waals surface area contributed by atoms with Crippen molar-refractivity contribution in [3.05, 3.63) is 0 Å². The van der Waals surface area contributed by atoms with Gasteiger partial charge < -0.3 is 10.5 Å². The monoisotopic (exact) mass is 204 g/mol. The van der Waals surface area contributed by atoms with Crippen molar-refractivity contribution < 1.29 is 9.53 Å². The molecule has 0 aliphatic carbocycles. The van der Waals surface area contributed by atoms with E-state index in [4.69, 9.17) is 18.0 Å². The normalized spacial score (nSPS) is 12.6. The molecule has 0 amide bonds. The highest BCUT2D eigenvalue weighted by atomic mass is 32.1. The number of carbonyl (C=O) groups is 1. The molecule has 0 aliphatic heterocycles. The Morgan fingerprint density at radius 3 is 2.54 bits per heavy atom. The third-order valence-corrected chi connectivity index (χ3v) is 1.98. The van der Waals surface area contributed by atoms with Gasteiger partial charge in [-0.2, -0.15) is 0 Å². The molecule has 1 unspecified atom stereocenters. The molecule has 4 nitrogen and oxygen atoms in total. The van der Waals surface area contributed by atoms with Crippen LogP contribution in [0.2, 0.25) is 0 Å². The van der Waals surface area contributed by atoms with Crippen LogP contribution in [0, 0.1) is 0 Å². The number of nitrogens with zero attached hydrogens (tertiary/aromatic N) is 1. The first kappa shape index (κ1) is 12.3. The lowest BCUT2D eigenvalue weighted by Crippen LogP contribution is -2.43. The Morgan fingerprint density at radius 2 is 2.23 bits per heavy atom. The standard InChI is InChI=1S/C8H16N2O2S/c1-4-10(5-7(9)13)6(2)8(11)12-3/h6H,4-5H2,1-3H3,(H2,9,13). The first-order valence-corrected chi connectivity index (χ1v) is 4.53. The van der Waals surface area contributed by atoms with Crippen molar-refractivity contribution >= 4 is 23.2 Å². The zero-order chi connectivity index (χ0) is 10.4. The number of nitrogens with two attached hydrogens (primary N) is 1. The van der Waals surface area contributed by atoms with Crippen LogP contribution in [0.25, 0.3) is 0 Å². The summed E-state index contributed by atoms with van der Waals surface area (Å²) in [4.78, 5) is 13.4. The van der Waals surface area contributed by atoms with Crippen LogP contribution >= 0.6 is 12.2 Å². The molecule has 5 heteroatoms. The summed E-state index contributed by atoms with van der Waals surface area (Å²) in [7, 11) is 1.37. The summed E-state index contributed by atoms with van der Waals surface area (Å²) in [6, 6.07) is -0.295. The predicted molar refractivity (Wildman–Crippen MR) is 55.5 cm³/mol. The Kier molecular flexibility index (Phi) is 5.57. The maximum atomic E-state index is 11.1. The van der Waals surface area contributed by atoms with Gasteiger partial charge in [0.15, 0.2) is 0 Å². The number of hydrogen-bond donors (Lipinski definition) is 1. The molecule has 0 radical (unpaired) electrons. The van der Waals surface area contributed by atoms with Crippen LogP contribution in [0.15, 0.2) is 0 Å². The van der Waals surface area contributed by atoms with Crippen molar-refractivity contribution in [3.63, 3.8) is 0 Å². The lowest BCUT2D eigenvalue weighted by Gasteiger charge is -2.24. The van der Waals surface area contributed by atoms with Crippen LogP contribution in [0.3, 0.4) is 0 Å². The third kappa shape index (κ3) is 4.19. The van der Waals surface area contributed by atoms with Crippen LogP contribution in [0.5, 0.6) is 0 Å². The molecule has 0 saturated carbocycles. The molecule has 0 aromatic carbocycles. The SMILES string of the molecule is CCN(CC(N)=S)C(C)C(=O)OC. The van der Waals surface area contributed by atoms with Gasteiger partial charge in [-0.3, -0.25) is 9.69 Å². The number of esters is 1. The molecule has 0 heterocycles. The van der Waals surface area contributed by atoms with Crippen LogP contribution in [-0.4, -0.2) is 42.1 Å². The topological polar surface area (TPSA) is 55.6 Å². The highest BCUT2D eigenvalue weighted by molar-refractivity contribution is 7.80. The zero-order valence-electron chi connectivity index (χ0n) is 8.24. The first-order valence-electron chi connectivity index (χ1n) is 4.13. The number of hydrogen-bond acceptors (Lipinski definition) is 4. The fourth-order valence-electron chi connectivity index (χ4n) is 1.04. The third-order valence-electron chi connectivity index (χ3n) is 1.86. The number of thiocarbonyl (C=S) groups is 1. The molecule has 76 valence electrons. The fourth-order valence-corrected chi connectivity index (χ4v) is 1.21. The summed E-state index contributed by atoms with van der Waals surface area (Å²) in [5, 5.41) is 0. The van der Waals surface area contributed by atoms with Gasteiger partial charge in [-0.1, -0.05) is 19.1 Å². The molecule has 0 fully saturated rings. The summed E-state index contributed by atoms with van der Waals surface area (Å²) in [6.07, 6.45) is 0. The minimum Gasteiger partial charge on any atom is -0.468 e. The second kappa shape index (κ2) is 5.88. The van der Waals surface area contributed by atoms with E-state index in [9.17, 15) is 4.79 Å². The van der Waals surface area contributed by atoms with Gasteiger partial charge in [-0.25, -0.2) is 0 Å². The van der Waals surface area contributed by atoms with Gasteiger partial charge >= 0.3 is 5.97 Å². The summed E-state index contributed by atoms with van der Waals surface area (Å²) in [6.45, 7) is 4.88. The molecule has 2 N–H and O–H groups in total. The van der Waals surface area contributed by atoms with Crippen molar-refractivity contribution in [2.45, 2.75) is 19.9 Å². The number of likely N-dealkylation sites (N-methyl/N-ethyl adjacent to an activating group) is 1. The van der Waals surface area contributed by atoms with E-state index in [0.717, 1.165) is 0 Å². The summed E-state index contributed by atoms with van der Waals surface area (Å²) < 4.78 is 4.61. The van der Waals surface area contributed by atoms with Gasteiger partial charge in [0.25, 0.3) is 0 Å². The van der Waals surface area contributed by atoms with Crippen LogP contribution in [0.4, 0.5) is 0 Å². The molecule has 13 heavy (non-hydrogen) atoms. The second-order valence-corrected chi connectivity index (χ2v) is 3.25. The van der Waals surface area contributed by atoms with Crippen molar-refractivity contribution in [1.29, 1.82) is 0 Å². The summed E-state index contributed by atoms with van der Waals surface area (Å²) >= 11 is 4.76. The van der Waals surface area contributed by atoms with Crippen molar-refractivity contribution in [1.82, 2.24) is 4.90 Å². The van der Waals surface area contributed by atoms with E-state index in [1.54, 1.807) is 6.92 Å². The lowest BCUT2D eigenvalue weighted by atomic mass is 10.3. The Labute approximate surface area is 84.0 Å². The largest absolute Gasteiger partial charge is 0.468 e. The smallest absolute Gasteiger partial charge is 0.322 e. The van der Waals surface area contributed by atoms with Crippen molar-refractivity contribution in [2.75, 3.05) is 20.2 Å². The van der Waals surface area contributed by atoms with Gasteiger partial charge in [0, 0.05) is 6.54 Å². The Balaban J connectivity index is 4.22. The maximum absolute atomic E-state index is 11.1. The maximum Gasteiger partial charge on any atom is 0.322 e. The molecule has 0 aromatic rings. The van der Waals surface area contributed by atoms with Gasteiger partial charge in [0.1, 0.15) is 6.04 Å². The molecule has 0 spiro atoms. The number of rotatable bonds is 5. The Morgan fingerprint density at radius 1 is 1.69 bits per heavy atom. The van der Waals surface area contributed by atoms with E-state index < -0.39 is 0 Å². The average Bonchev–Trinajstić information content (AvgIpc) is 2.11. The minimum absolute atomic E-state index is 0.266. The number of ether oxygens (including phenoxy) is 1. The van der Waals surface area contributed by atoms with Crippen LogP contribution in [-0.2, 0) is 9.53 Å². The lowest BCUT2D eigenvalue weighted by molar-refractivity contribution is -0.145. The molecule has 0 aromatic heterocycles. The van der Waals surface area contributed by atoms with E-state index in [1.807, 2.05) is 11.8 Å². The fraction of sp³-hybridized carbons (Fsp3) is 0.750. The van der Waals surface area contributed by atoms with Gasteiger partial charge in [-0.15, -0.1) is 0 Å². The quantitative estimate of drug-likeness (QED) is 0.510. The first-order chi connectivity index (χ1) is 6.02. The average molecular weight is 204 g/mol. The Hall–Kier alpha value is -0.680. The predicted octanol–water partition coefficient (Wildman–Crippen LogP) is 0.156. The number of carbonyl (C=O) groups excluding carboxylic acids is 1. The van der Waals surface area contributed by atoms with Crippen LogP contribution in [0.1, 0.15) is 13.8 Å². The minimum atomic E-state index is -0.295. The van der Waals surface area contributed by atoms with E-state index in [1.165, 1.54) is 7.11 Å². The molecule has 1 atom stereocenters. The molecular formula is C8H16N2O2S. The second-order valence-electron chi connectivity index (χ2n) is 2.73. The van der Waals surface area contributed by atoms with Gasteiger partial charge in [0.2, 0.25) is 0 Å². The molecule has 0 saturated heterocycles. The highest BCUT2D eigenvalue weighted by Crippen LogP contribution is 2.00. The molecule has 0 rings (SSSR count). The zero-order valence-corrected chi connectivity index (χ0v) is 9.06. The van der Waals surface area contributed by atoms with E-state index in [0.29, 0.717) is 18.1 Å². The Bertz CT molecular complexity index is 197. The van der Waals surface area contributed by atoms with Crippen molar-refractivity contribution in [3.8, 4) is 0 Å². The summed E-state index contributed by atoms with van der Waals surface area (Å²) in [5.74, 6) is -0.266. The van der Waals surface area contributed by atoms with Crippen LogP contribution < -0.4 is 5.73 Å².